The van der Waals surface area contributed by atoms with Crippen molar-refractivity contribution in [3.8, 4) is 5.75 Å². The summed E-state index contributed by atoms with van der Waals surface area (Å²) in [5.74, 6) is 1.01. The Hall–Kier alpha value is -1.05. The monoisotopic (exact) mass is 238 g/mol. The summed E-state index contributed by atoms with van der Waals surface area (Å²) in [6.07, 6.45) is -1.27. The standard InChI is InChI=1S/C15H23FO/c1-10(2)13-9-12(17-11(3)16)7-8-14(13)15(4,5)6/h7-11H,1-6H3. The minimum atomic E-state index is -1.27. The first-order valence-corrected chi connectivity index (χ1v) is 6.17. The summed E-state index contributed by atoms with van der Waals surface area (Å²) in [7, 11) is 0. The molecule has 0 aliphatic rings. The number of hydrogen-bond acceptors (Lipinski definition) is 1. The zero-order valence-electron chi connectivity index (χ0n) is 11.7. The van der Waals surface area contributed by atoms with Crippen LogP contribution in [0.3, 0.4) is 0 Å². The van der Waals surface area contributed by atoms with Crippen molar-refractivity contribution in [2.24, 2.45) is 0 Å². The Morgan fingerprint density at radius 1 is 1.12 bits per heavy atom. The van der Waals surface area contributed by atoms with E-state index in [4.69, 9.17) is 4.74 Å². The molecular formula is C15H23FO. The van der Waals surface area contributed by atoms with Crippen molar-refractivity contribution in [2.75, 3.05) is 0 Å². The summed E-state index contributed by atoms with van der Waals surface area (Å²) in [6, 6.07) is 5.86. The molecule has 0 heterocycles. The van der Waals surface area contributed by atoms with E-state index >= 15 is 0 Å². The van der Waals surface area contributed by atoms with Gasteiger partial charge in [0.25, 0.3) is 0 Å². The second-order valence-electron chi connectivity index (χ2n) is 5.81. The van der Waals surface area contributed by atoms with Crippen LogP contribution in [-0.4, -0.2) is 6.36 Å². The summed E-state index contributed by atoms with van der Waals surface area (Å²) in [6.45, 7) is 12.2. The lowest BCUT2D eigenvalue weighted by Crippen LogP contribution is -2.15. The van der Waals surface area contributed by atoms with E-state index in [1.54, 1.807) is 0 Å². The van der Waals surface area contributed by atoms with Crippen molar-refractivity contribution in [3.63, 3.8) is 0 Å². The molecule has 0 saturated carbocycles. The lowest BCUT2D eigenvalue weighted by Gasteiger charge is -2.25. The molecule has 0 spiro atoms. The van der Waals surface area contributed by atoms with Crippen molar-refractivity contribution < 1.29 is 9.13 Å². The largest absolute Gasteiger partial charge is 0.461 e. The number of benzene rings is 1. The number of hydrogen-bond donors (Lipinski definition) is 0. The van der Waals surface area contributed by atoms with E-state index in [9.17, 15) is 4.39 Å². The van der Waals surface area contributed by atoms with Crippen molar-refractivity contribution in [1.29, 1.82) is 0 Å². The van der Waals surface area contributed by atoms with Crippen molar-refractivity contribution >= 4 is 0 Å². The molecule has 2 heteroatoms. The third-order valence-electron chi connectivity index (χ3n) is 2.75. The first kappa shape index (κ1) is 14.0. The molecule has 0 bridgehead atoms. The summed E-state index contributed by atoms with van der Waals surface area (Å²) in [5.41, 5.74) is 2.63. The third kappa shape index (κ3) is 3.72. The first-order valence-electron chi connectivity index (χ1n) is 6.17. The molecule has 0 fully saturated rings. The summed E-state index contributed by atoms with van der Waals surface area (Å²) in [5, 5.41) is 0. The van der Waals surface area contributed by atoms with Gasteiger partial charge in [0, 0.05) is 6.92 Å². The second kappa shape index (κ2) is 5.07. The molecule has 0 radical (unpaired) electrons. The highest BCUT2D eigenvalue weighted by molar-refractivity contribution is 5.41. The Morgan fingerprint density at radius 3 is 2.12 bits per heavy atom. The normalized spacial score (nSPS) is 13.9. The minimum Gasteiger partial charge on any atom is -0.461 e. The highest BCUT2D eigenvalue weighted by Crippen LogP contribution is 2.33. The van der Waals surface area contributed by atoms with Gasteiger partial charge in [-0.25, -0.2) is 4.39 Å². The van der Waals surface area contributed by atoms with Crippen LogP contribution in [0.4, 0.5) is 4.39 Å². The third-order valence-corrected chi connectivity index (χ3v) is 2.75. The maximum Gasteiger partial charge on any atom is 0.235 e. The second-order valence-corrected chi connectivity index (χ2v) is 5.81. The fourth-order valence-corrected chi connectivity index (χ4v) is 1.96. The Bertz CT molecular complexity index is 375. The molecule has 0 saturated heterocycles. The van der Waals surface area contributed by atoms with Crippen LogP contribution in [0, 0.1) is 0 Å². The van der Waals surface area contributed by atoms with Gasteiger partial charge in [-0.05, 0) is 34.6 Å². The molecule has 17 heavy (non-hydrogen) atoms. The highest BCUT2D eigenvalue weighted by Gasteiger charge is 2.20. The summed E-state index contributed by atoms with van der Waals surface area (Å²) < 4.78 is 17.9. The van der Waals surface area contributed by atoms with Gasteiger partial charge >= 0.3 is 0 Å². The Morgan fingerprint density at radius 2 is 1.71 bits per heavy atom. The smallest absolute Gasteiger partial charge is 0.235 e. The number of alkyl halides is 1. The van der Waals surface area contributed by atoms with Gasteiger partial charge in [-0.3, -0.25) is 0 Å². The zero-order valence-corrected chi connectivity index (χ0v) is 11.7. The van der Waals surface area contributed by atoms with E-state index in [0.29, 0.717) is 11.7 Å². The zero-order chi connectivity index (χ0) is 13.2. The van der Waals surface area contributed by atoms with Crippen LogP contribution < -0.4 is 4.74 Å². The predicted octanol–water partition coefficient (Wildman–Crippen LogP) is 4.80. The van der Waals surface area contributed by atoms with E-state index in [0.717, 1.165) is 0 Å². The topological polar surface area (TPSA) is 9.23 Å². The maximum atomic E-state index is 12.8. The predicted molar refractivity (Wildman–Crippen MR) is 70.4 cm³/mol. The van der Waals surface area contributed by atoms with E-state index in [1.165, 1.54) is 18.1 Å². The van der Waals surface area contributed by atoms with E-state index in [1.807, 2.05) is 18.2 Å². The lowest BCUT2D eigenvalue weighted by atomic mass is 9.81. The van der Waals surface area contributed by atoms with Gasteiger partial charge in [-0.15, -0.1) is 0 Å². The fraction of sp³-hybridized carbons (Fsp3) is 0.600. The minimum absolute atomic E-state index is 0.0967. The molecule has 1 aromatic rings. The molecule has 0 aliphatic carbocycles. The molecule has 1 atom stereocenters. The van der Waals surface area contributed by atoms with Crippen LogP contribution in [0.5, 0.6) is 5.75 Å². The molecule has 0 N–H and O–H groups in total. The molecule has 0 aromatic heterocycles. The molecular weight excluding hydrogens is 215 g/mol. The molecule has 1 aromatic carbocycles. The lowest BCUT2D eigenvalue weighted by molar-refractivity contribution is 0.0859. The van der Waals surface area contributed by atoms with Gasteiger partial charge in [0.1, 0.15) is 5.75 Å². The van der Waals surface area contributed by atoms with Crippen LogP contribution >= 0.6 is 0 Å². The van der Waals surface area contributed by atoms with Gasteiger partial charge in [0.05, 0.1) is 0 Å². The maximum absolute atomic E-state index is 12.8. The fourth-order valence-electron chi connectivity index (χ4n) is 1.96. The quantitative estimate of drug-likeness (QED) is 0.734. The first-order chi connectivity index (χ1) is 7.71. The molecule has 1 nitrogen and oxygen atoms in total. The number of rotatable bonds is 3. The van der Waals surface area contributed by atoms with E-state index < -0.39 is 6.36 Å². The van der Waals surface area contributed by atoms with Crippen molar-refractivity contribution in [1.82, 2.24) is 0 Å². The van der Waals surface area contributed by atoms with E-state index in [2.05, 4.69) is 34.6 Å². The van der Waals surface area contributed by atoms with Crippen molar-refractivity contribution in [3.05, 3.63) is 29.3 Å². The Balaban J connectivity index is 3.18. The molecule has 1 rings (SSSR count). The molecule has 0 aliphatic heterocycles. The number of ether oxygens (including phenoxy) is 1. The van der Waals surface area contributed by atoms with Gasteiger partial charge < -0.3 is 4.74 Å². The van der Waals surface area contributed by atoms with Gasteiger partial charge in [0.15, 0.2) is 0 Å². The molecule has 96 valence electrons. The van der Waals surface area contributed by atoms with Crippen molar-refractivity contribution in [2.45, 2.75) is 59.2 Å². The average Bonchev–Trinajstić information content (AvgIpc) is 2.14. The van der Waals surface area contributed by atoms with Crippen LogP contribution in [0.15, 0.2) is 18.2 Å². The summed E-state index contributed by atoms with van der Waals surface area (Å²) >= 11 is 0. The average molecular weight is 238 g/mol. The SMILES string of the molecule is CC(F)Oc1ccc(C(C)(C)C)c(C(C)C)c1. The van der Waals surface area contributed by atoms with Gasteiger partial charge in [0.2, 0.25) is 6.36 Å². The van der Waals surface area contributed by atoms with Gasteiger partial charge in [-0.1, -0.05) is 40.7 Å². The van der Waals surface area contributed by atoms with Crippen LogP contribution in [0.2, 0.25) is 0 Å². The summed E-state index contributed by atoms with van der Waals surface area (Å²) in [4.78, 5) is 0. The Kier molecular flexibility index (Phi) is 4.18. The Labute approximate surface area is 104 Å². The van der Waals surface area contributed by atoms with E-state index in [-0.39, 0.29) is 5.41 Å². The molecule has 0 amide bonds. The van der Waals surface area contributed by atoms with Crippen LogP contribution in [0.1, 0.15) is 58.6 Å². The molecule has 1 unspecified atom stereocenters. The van der Waals surface area contributed by atoms with Crippen LogP contribution in [-0.2, 0) is 5.41 Å². The van der Waals surface area contributed by atoms with Crippen LogP contribution in [0.25, 0.3) is 0 Å². The number of halogens is 1. The van der Waals surface area contributed by atoms with Gasteiger partial charge in [-0.2, -0.15) is 0 Å². The highest BCUT2D eigenvalue weighted by atomic mass is 19.1.